The third-order valence-electron chi connectivity index (χ3n) is 5.86. The maximum Gasteiger partial charge on any atom is 0.228 e. The largest absolute Gasteiger partial charge is 0.324 e. The summed E-state index contributed by atoms with van der Waals surface area (Å²) in [5.74, 6) is -1.86. The molecule has 32 heavy (non-hydrogen) atoms. The molecule has 0 unspecified atom stereocenters. The van der Waals surface area contributed by atoms with Gasteiger partial charge in [0, 0.05) is 27.6 Å². The van der Waals surface area contributed by atoms with E-state index in [1.165, 1.54) is 17.2 Å². The molecule has 0 saturated heterocycles. The summed E-state index contributed by atoms with van der Waals surface area (Å²) < 4.78 is 27.2. The Morgan fingerprint density at radius 3 is 2.59 bits per heavy atom. The van der Waals surface area contributed by atoms with E-state index in [0.29, 0.717) is 10.7 Å². The number of nitrogens with zero attached hydrogens (tertiary/aromatic N) is 1. The van der Waals surface area contributed by atoms with Gasteiger partial charge in [-0.15, -0.1) is 0 Å². The predicted octanol–water partition coefficient (Wildman–Crippen LogP) is 6.50. The smallest absolute Gasteiger partial charge is 0.228 e. The standard InChI is InChI=1S/C26H19ClF2N2O/c27-21-7-2-1-6-19(21)26-20-10-15-4-3-5-16(15)11-23(20)30-14-24(26)31-25(32)12-17-8-9-18(28)13-22(17)29/h1-2,6-11,13-14H,3-5,12H2,(H,31,32). The lowest BCUT2D eigenvalue weighted by molar-refractivity contribution is -0.115. The van der Waals surface area contributed by atoms with E-state index in [1.807, 2.05) is 18.2 Å². The fourth-order valence-corrected chi connectivity index (χ4v) is 4.57. The van der Waals surface area contributed by atoms with Crippen molar-refractivity contribution < 1.29 is 13.6 Å². The van der Waals surface area contributed by atoms with E-state index in [-0.39, 0.29) is 12.0 Å². The van der Waals surface area contributed by atoms with E-state index in [0.717, 1.165) is 53.4 Å². The summed E-state index contributed by atoms with van der Waals surface area (Å²) in [5.41, 5.74) is 5.60. The van der Waals surface area contributed by atoms with E-state index < -0.39 is 17.5 Å². The molecule has 1 aromatic heterocycles. The minimum Gasteiger partial charge on any atom is -0.324 e. The van der Waals surface area contributed by atoms with Gasteiger partial charge in [0.05, 0.1) is 23.8 Å². The number of hydrogen-bond donors (Lipinski definition) is 1. The topological polar surface area (TPSA) is 42.0 Å². The van der Waals surface area contributed by atoms with Crippen molar-refractivity contribution in [2.45, 2.75) is 25.7 Å². The van der Waals surface area contributed by atoms with E-state index in [1.54, 1.807) is 12.3 Å². The molecule has 1 aliphatic carbocycles. The molecule has 0 aliphatic heterocycles. The van der Waals surface area contributed by atoms with Gasteiger partial charge in [0.2, 0.25) is 5.91 Å². The van der Waals surface area contributed by atoms with Gasteiger partial charge in [-0.05, 0) is 60.2 Å². The molecular weight excluding hydrogens is 430 g/mol. The average Bonchev–Trinajstić information content (AvgIpc) is 3.22. The number of aryl methyl sites for hydroxylation is 2. The first-order valence-electron chi connectivity index (χ1n) is 10.4. The number of halogens is 3. The van der Waals surface area contributed by atoms with Crippen molar-refractivity contribution in [3.8, 4) is 11.1 Å². The second-order valence-corrected chi connectivity index (χ2v) is 8.39. The second-order valence-electron chi connectivity index (χ2n) is 7.98. The zero-order chi connectivity index (χ0) is 22.2. The number of amides is 1. The number of pyridine rings is 1. The van der Waals surface area contributed by atoms with E-state index in [4.69, 9.17) is 11.6 Å². The van der Waals surface area contributed by atoms with Gasteiger partial charge in [0.1, 0.15) is 11.6 Å². The van der Waals surface area contributed by atoms with Crippen molar-refractivity contribution in [3.05, 3.63) is 94.1 Å². The lowest BCUT2D eigenvalue weighted by Gasteiger charge is -2.16. The summed E-state index contributed by atoms with van der Waals surface area (Å²) in [6.45, 7) is 0. The molecule has 0 fully saturated rings. The molecule has 0 bridgehead atoms. The van der Waals surface area contributed by atoms with Crippen LogP contribution in [-0.4, -0.2) is 10.9 Å². The van der Waals surface area contributed by atoms with Gasteiger partial charge in [-0.3, -0.25) is 9.78 Å². The minimum absolute atomic E-state index is 0.120. The highest BCUT2D eigenvalue weighted by Crippen LogP contribution is 2.40. The molecule has 4 aromatic rings. The fourth-order valence-electron chi connectivity index (χ4n) is 4.34. The summed E-state index contributed by atoms with van der Waals surface area (Å²) in [4.78, 5) is 17.4. The van der Waals surface area contributed by atoms with Crippen LogP contribution >= 0.6 is 11.6 Å². The van der Waals surface area contributed by atoms with Crippen LogP contribution in [-0.2, 0) is 24.1 Å². The predicted molar refractivity (Wildman–Crippen MR) is 123 cm³/mol. The monoisotopic (exact) mass is 448 g/mol. The number of carbonyl (C=O) groups excluding carboxylic acids is 1. The summed E-state index contributed by atoms with van der Waals surface area (Å²) in [6.07, 6.45) is 4.54. The molecule has 1 N–H and O–H groups in total. The Labute approximate surface area is 189 Å². The molecule has 1 amide bonds. The first-order chi connectivity index (χ1) is 15.5. The van der Waals surface area contributed by atoms with Crippen molar-refractivity contribution in [1.82, 2.24) is 4.98 Å². The van der Waals surface area contributed by atoms with Gasteiger partial charge in [0.15, 0.2) is 0 Å². The van der Waals surface area contributed by atoms with E-state index >= 15 is 0 Å². The van der Waals surface area contributed by atoms with Gasteiger partial charge in [-0.25, -0.2) is 8.78 Å². The van der Waals surface area contributed by atoms with Crippen LogP contribution in [0.4, 0.5) is 14.5 Å². The number of carbonyl (C=O) groups is 1. The number of benzene rings is 3. The molecule has 5 rings (SSSR count). The summed E-state index contributed by atoms with van der Waals surface area (Å²) in [7, 11) is 0. The van der Waals surface area contributed by atoms with Gasteiger partial charge >= 0.3 is 0 Å². The van der Waals surface area contributed by atoms with Crippen molar-refractivity contribution in [2.75, 3.05) is 5.32 Å². The second kappa shape index (κ2) is 8.32. The molecular formula is C26H19ClF2N2O. The average molecular weight is 449 g/mol. The Kier molecular flexibility index (Phi) is 5.35. The van der Waals surface area contributed by atoms with Crippen molar-refractivity contribution >= 4 is 34.1 Å². The van der Waals surface area contributed by atoms with E-state index in [2.05, 4.69) is 22.4 Å². The van der Waals surface area contributed by atoms with Crippen LogP contribution in [0.3, 0.4) is 0 Å². The minimum atomic E-state index is -0.751. The third-order valence-corrected chi connectivity index (χ3v) is 6.19. The Morgan fingerprint density at radius 2 is 1.81 bits per heavy atom. The lowest BCUT2D eigenvalue weighted by Crippen LogP contribution is -2.16. The molecule has 1 aliphatic rings. The van der Waals surface area contributed by atoms with Crippen LogP contribution < -0.4 is 5.32 Å². The maximum absolute atomic E-state index is 14.0. The van der Waals surface area contributed by atoms with Crippen LogP contribution in [0.1, 0.15) is 23.1 Å². The highest BCUT2D eigenvalue weighted by molar-refractivity contribution is 6.34. The van der Waals surface area contributed by atoms with Gasteiger partial charge in [0.25, 0.3) is 0 Å². The number of fused-ring (bicyclic) bond motifs is 2. The summed E-state index contributed by atoms with van der Waals surface area (Å²) >= 11 is 6.53. The number of aromatic nitrogens is 1. The van der Waals surface area contributed by atoms with Gasteiger partial charge in [-0.2, -0.15) is 0 Å². The lowest BCUT2D eigenvalue weighted by atomic mass is 9.96. The highest BCUT2D eigenvalue weighted by Gasteiger charge is 2.20. The quantitative estimate of drug-likeness (QED) is 0.387. The fraction of sp³-hybridized carbons (Fsp3) is 0.154. The van der Waals surface area contributed by atoms with Gasteiger partial charge < -0.3 is 5.32 Å². The van der Waals surface area contributed by atoms with Crippen LogP contribution in [0, 0.1) is 11.6 Å². The molecule has 0 saturated carbocycles. The molecule has 0 atom stereocenters. The third kappa shape index (κ3) is 3.84. The van der Waals surface area contributed by atoms with E-state index in [9.17, 15) is 13.6 Å². The molecule has 6 heteroatoms. The zero-order valence-electron chi connectivity index (χ0n) is 17.1. The van der Waals surface area contributed by atoms with Crippen LogP contribution in [0.5, 0.6) is 0 Å². The van der Waals surface area contributed by atoms with Crippen molar-refractivity contribution in [3.63, 3.8) is 0 Å². The normalized spacial score (nSPS) is 12.7. The first-order valence-corrected chi connectivity index (χ1v) is 10.8. The Bertz CT molecular complexity index is 1370. The number of nitrogens with one attached hydrogen (secondary N) is 1. The van der Waals surface area contributed by atoms with Crippen LogP contribution in [0.25, 0.3) is 22.0 Å². The summed E-state index contributed by atoms with van der Waals surface area (Å²) in [6, 6.07) is 14.9. The molecule has 160 valence electrons. The van der Waals surface area contributed by atoms with Crippen molar-refractivity contribution in [2.24, 2.45) is 0 Å². The van der Waals surface area contributed by atoms with Crippen LogP contribution in [0.15, 0.2) is 60.8 Å². The number of hydrogen-bond acceptors (Lipinski definition) is 2. The number of anilines is 1. The Hall–Kier alpha value is -3.31. The first kappa shape index (κ1) is 20.6. The zero-order valence-corrected chi connectivity index (χ0v) is 17.8. The molecule has 0 radical (unpaired) electrons. The Morgan fingerprint density at radius 1 is 1.03 bits per heavy atom. The molecule has 0 spiro atoms. The summed E-state index contributed by atoms with van der Waals surface area (Å²) in [5, 5.41) is 4.33. The number of rotatable bonds is 4. The SMILES string of the molecule is O=C(Cc1ccc(F)cc1F)Nc1cnc2cc3c(cc2c1-c1ccccc1Cl)CCC3. The molecule has 3 nitrogen and oxygen atoms in total. The molecule has 3 aromatic carbocycles. The highest BCUT2D eigenvalue weighted by atomic mass is 35.5. The molecule has 1 heterocycles. The Balaban J connectivity index is 1.59. The maximum atomic E-state index is 14.0. The van der Waals surface area contributed by atoms with Crippen LogP contribution in [0.2, 0.25) is 5.02 Å². The van der Waals surface area contributed by atoms with Gasteiger partial charge in [-0.1, -0.05) is 35.9 Å². The van der Waals surface area contributed by atoms with Crippen molar-refractivity contribution in [1.29, 1.82) is 0 Å².